The summed E-state index contributed by atoms with van der Waals surface area (Å²) in [4.78, 5) is 0. The minimum Gasteiger partial charge on any atom is -0.309 e. The minimum absolute atomic E-state index is 0.596. The van der Waals surface area contributed by atoms with Crippen molar-refractivity contribution in [2.24, 2.45) is 11.8 Å². The molecule has 0 spiro atoms. The Bertz CT molecular complexity index is 183. The lowest BCUT2D eigenvalue weighted by molar-refractivity contribution is 0.808. The van der Waals surface area contributed by atoms with Gasteiger partial charge in [0.15, 0.2) is 0 Å². The lowest BCUT2D eigenvalue weighted by Crippen LogP contribution is -2.15. The summed E-state index contributed by atoms with van der Waals surface area (Å²) >= 11 is 0. The maximum absolute atomic E-state index is 7.43. The van der Waals surface area contributed by atoms with Gasteiger partial charge in [-0.15, -0.1) is 0 Å². The highest BCUT2D eigenvalue weighted by Gasteiger charge is 2.43. The zero-order valence-corrected chi connectivity index (χ0v) is 5.28. The van der Waals surface area contributed by atoms with Crippen LogP contribution in [0, 0.1) is 22.7 Å². The van der Waals surface area contributed by atoms with Crippen molar-refractivity contribution in [1.29, 1.82) is 10.8 Å². The van der Waals surface area contributed by atoms with Crippen LogP contribution >= 0.6 is 0 Å². The van der Waals surface area contributed by atoms with E-state index >= 15 is 0 Å². The Balaban J connectivity index is 2.15. The van der Waals surface area contributed by atoms with Crippen molar-refractivity contribution >= 4 is 11.4 Å². The third kappa shape index (κ3) is 0.696. The molecule has 0 aromatic heterocycles. The maximum atomic E-state index is 7.43. The fraction of sp³-hybridized carbons (Fsp3) is 0.714. The van der Waals surface area contributed by atoms with Crippen LogP contribution in [0.25, 0.3) is 0 Å². The summed E-state index contributed by atoms with van der Waals surface area (Å²) in [6, 6.07) is 0. The first-order valence-corrected chi connectivity index (χ1v) is 3.41. The van der Waals surface area contributed by atoms with E-state index in [9.17, 15) is 0 Å². The number of nitrogens with one attached hydrogen (secondary N) is 2. The molecule has 2 N–H and O–H groups in total. The second-order valence-corrected chi connectivity index (χ2v) is 3.11. The van der Waals surface area contributed by atoms with E-state index in [-0.39, 0.29) is 0 Å². The second-order valence-electron chi connectivity index (χ2n) is 3.11. The number of fused-ring (bicyclic) bond motifs is 1. The van der Waals surface area contributed by atoms with Crippen LogP contribution in [0.4, 0.5) is 0 Å². The van der Waals surface area contributed by atoms with Gasteiger partial charge in [-0.3, -0.25) is 0 Å². The largest absolute Gasteiger partial charge is 0.309 e. The summed E-state index contributed by atoms with van der Waals surface area (Å²) in [7, 11) is 0. The topological polar surface area (TPSA) is 47.7 Å². The fourth-order valence-electron chi connectivity index (χ4n) is 1.65. The smallest absolute Gasteiger partial charge is 0.0232 e. The Morgan fingerprint density at radius 2 is 2.11 bits per heavy atom. The molecule has 2 atom stereocenters. The van der Waals surface area contributed by atoms with Gasteiger partial charge in [0.2, 0.25) is 0 Å². The first-order valence-electron chi connectivity index (χ1n) is 3.41. The first-order chi connectivity index (χ1) is 4.27. The van der Waals surface area contributed by atoms with Crippen molar-refractivity contribution in [2.45, 2.75) is 19.3 Å². The van der Waals surface area contributed by atoms with Crippen LogP contribution in [0.5, 0.6) is 0 Å². The van der Waals surface area contributed by atoms with Crippen molar-refractivity contribution in [3.63, 3.8) is 0 Å². The van der Waals surface area contributed by atoms with Gasteiger partial charge in [-0.25, -0.2) is 0 Å². The summed E-state index contributed by atoms with van der Waals surface area (Å²) < 4.78 is 0. The maximum Gasteiger partial charge on any atom is 0.0232 e. The lowest BCUT2D eigenvalue weighted by Gasteiger charge is -2.10. The van der Waals surface area contributed by atoms with Crippen LogP contribution in [0.1, 0.15) is 19.3 Å². The molecule has 0 aromatic carbocycles. The highest BCUT2D eigenvalue weighted by atomic mass is 14.6. The second kappa shape index (κ2) is 1.43. The van der Waals surface area contributed by atoms with Crippen molar-refractivity contribution in [3.05, 3.63) is 0 Å². The van der Waals surface area contributed by atoms with Gasteiger partial charge < -0.3 is 10.8 Å². The van der Waals surface area contributed by atoms with Crippen LogP contribution in [0.3, 0.4) is 0 Å². The molecule has 2 nitrogen and oxygen atoms in total. The molecule has 0 bridgehead atoms. The van der Waals surface area contributed by atoms with Crippen LogP contribution in [-0.4, -0.2) is 11.4 Å². The highest BCUT2D eigenvalue weighted by Crippen LogP contribution is 2.46. The van der Waals surface area contributed by atoms with Crippen molar-refractivity contribution in [3.8, 4) is 0 Å². The van der Waals surface area contributed by atoms with Crippen molar-refractivity contribution in [2.75, 3.05) is 0 Å². The molecule has 2 heteroatoms. The van der Waals surface area contributed by atoms with E-state index in [1.54, 1.807) is 0 Å². The van der Waals surface area contributed by atoms with E-state index in [2.05, 4.69) is 0 Å². The first kappa shape index (κ1) is 5.15. The minimum atomic E-state index is 0.596. The quantitative estimate of drug-likeness (QED) is 0.488. The summed E-state index contributed by atoms with van der Waals surface area (Å²) in [5.74, 6) is 1.30. The molecule has 0 aromatic rings. The van der Waals surface area contributed by atoms with Gasteiger partial charge in [-0.05, 0) is 18.8 Å². The molecule has 9 heavy (non-hydrogen) atoms. The summed E-state index contributed by atoms with van der Waals surface area (Å²) in [6.45, 7) is 0. The molecule has 0 amide bonds. The molecule has 2 saturated carbocycles. The van der Waals surface area contributed by atoms with Crippen LogP contribution < -0.4 is 0 Å². The summed E-state index contributed by atoms with van der Waals surface area (Å²) in [6.07, 6.45) is 2.84. The third-order valence-corrected chi connectivity index (χ3v) is 2.28. The average Bonchev–Trinajstić information content (AvgIpc) is 2.43. The van der Waals surface area contributed by atoms with E-state index in [1.165, 1.54) is 6.42 Å². The monoisotopic (exact) mass is 122 g/mol. The van der Waals surface area contributed by atoms with E-state index < -0.39 is 0 Å². The average molecular weight is 122 g/mol. The predicted octanol–water partition coefficient (Wildman–Crippen LogP) is 1.46. The summed E-state index contributed by atoms with van der Waals surface area (Å²) in [5, 5.41) is 14.8. The van der Waals surface area contributed by atoms with Gasteiger partial charge in [0.1, 0.15) is 0 Å². The Morgan fingerprint density at radius 3 is 2.78 bits per heavy atom. The van der Waals surface area contributed by atoms with E-state index in [1.807, 2.05) is 0 Å². The van der Waals surface area contributed by atoms with Crippen LogP contribution in [0.15, 0.2) is 0 Å². The molecule has 0 radical (unpaired) electrons. The normalized spacial score (nSPS) is 40.4. The number of hydrogen-bond acceptors (Lipinski definition) is 2. The molecular formula is C7H10N2. The van der Waals surface area contributed by atoms with E-state index in [4.69, 9.17) is 10.8 Å². The van der Waals surface area contributed by atoms with Gasteiger partial charge in [0.25, 0.3) is 0 Å². The molecule has 0 heterocycles. The fourth-order valence-corrected chi connectivity index (χ4v) is 1.65. The molecular weight excluding hydrogens is 112 g/mol. The van der Waals surface area contributed by atoms with Crippen LogP contribution in [0.2, 0.25) is 0 Å². The van der Waals surface area contributed by atoms with Gasteiger partial charge in [0, 0.05) is 23.8 Å². The standard InChI is InChI=1S/C7H10N2/c8-5-1-4-2-6(4)7(9)3-5/h4,6,8-9H,1-3H2. The Labute approximate surface area is 54.3 Å². The predicted molar refractivity (Wildman–Crippen MR) is 36.3 cm³/mol. The summed E-state index contributed by atoms with van der Waals surface area (Å²) in [5.41, 5.74) is 1.59. The SMILES string of the molecule is N=C1CC(=N)C2CC2C1. The number of hydrogen-bond donors (Lipinski definition) is 2. The molecule has 48 valence electrons. The van der Waals surface area contributed by atoms with Gasteiger partial charge >= 0.3 is 0 Å². The molecule has 2 aliphatic carbocycles. The number of rotatable bonds is 0. The highest BCUT2D eigenvalue weighted by molar-refractivity contribution is 6.06. The van der Waals surface area contributed by atoms with Gasteiger partial charge in [-0.2, -0.15) is 0 Å². The molecule has 0 saturated heterocycles. The molecule has 2 fully saturated rings. The molecule has 2 aliphatic rings. The van der Waals surface area contributed by atoms with Crippen LogP contribution in [-0.2, 0) is 0 Å². The molecule has 2 rings (SSSR count). The van der Waals surface area contributed by atoms with Crippen molar-refractivity contribution < 1.29 is 0 Å². The third-order valence-electron chi connectivity index (χ3n) is 2.28. The zero-order chi connectivity index (χ0) is 6.43. The molecule has 0 aliphatic heterocycles. The lowest BCUT2D eigenvalue weighted by atomic mass is 9.97. The zero-order valence-electron chi connectivity index (χ0n) is 5.28. The van der Waals surface area contributed by atoms with Gasteiger partial charge in [0.05, 0.1) is 0 Å². The molecule has 2 unspecified atom stereocenters. The Hall–Kier alpha value is -0.660. The Morgan fingerprint density at radius 1 is 1.33 bits per heavy atom. The Kier molecular flexibility index (Phi) is 0.821. The van der Waals surface area contributed by atoms with E-state index in [0.29, 0.717) is 18.3 Å². The van der Waals surface area contributed by atoms with Crippen molar-refractivity contribution in [1.82, 2.24) is 0 Å². The van der Waals surface area contributed by atoms with Gasteiger partial charge in [-0.1, -0.05) is 0 Å². The van der Waals surface area contributed by atoms with E-state index in [0.717, 1.165) is 17.8 Å².